The molecule has 1 fully saturated rings. The summed E-state index contributed by atoms with van der Waals surface area (Å²) in [6, 6.07) is 0.805. The molecule has 1 heterocycles. The number of hydrogen-bond donors (Lipinski definition) is 1. The molecule has 0 bridgehead atoms. The molecule has 13 heavy (non-hydrogen) atoms. The monoisotopic (exact) mass is 184 g/mol. The minimum Gasteiger partial charge on any atom is -0.318 e. The Morgan fingerprint density at radius 3 is 2.92 bits per heavy atom. The standard InChI is InChI=1S/C11H24N2/c1-4-10(2)9-13-7-5-6-11(13)8-12-3/h10-12H,4-9H2,1-3H3. The molecule has 0 spiro atoms. The van der Waals surface area contributed by atoms with Crippen LogP contribution in [0.2, 0.25) is 0 Å². The Morgan fingerprint density at radius 2 is 2.31 bits per heavy atom. The summed E-state index contributed by atoms with van der Waals surface area (Å²) in [4.78, 5) is 2.66. The Hall–Kier alpha value is -0.0800. The van der Waals surface area contributed by atoms with E-state index in [0.717, 1.165) is 18.5 Å². The van der Waals surface area contributed by atoms with E-state index in [1.54, 1.807) is 0 Å². The van der Waals surface area contributed by atoms with E-state index < -0.39 is 0 Å². The van der Waals surface area contributed by atoms with Crippen molar-refractivity contribution in [2.45, 2.75) is 39.2 Å². The zero-order valence-corrected chi connectivity index (χ0v) is 9.34. The third kappa shape index (κ3) is 3.28. The maximum atomic E-state index is 3.29. The fraction of sp³-hybridized carbons (Fsp3) is 1.00. The minimum absolute atomic E-state index is 0.805. The molecule has 2 heteroatoms. The van der Waals surface area contributed by atoms with Gasteiger partial charge in [0.25, 0.3) is 0 Å². The molecule has 1 N–H and O–H groups in total. The van der Waals surface area contributed by atoms with Gasteiger partial charge in [-0.3, -0.25) is 4.90 Å². The topological polar surface area (TPSA) is 15.3 Å². The lowest BCUT2D eigenvalue weighted by Crippen LogP contribution is -2.39. The van der Waals surface area contributed by atoms with Gasteiger partial charge in [0.1, 0.15) is 0 Å². The lowest BCUT2D eigenvalue weighted by Gasteiger charge is -2.26. The smallest absolute Gasteiger partial charge is 0.0221 e. The van der Waals surface area contributed by atoms with Crippen LogP contribution in [0.1, 0.15) is 33.1 Å². The lowest BCUT2D eigenvalue weighted by molar-refractivity contribution is 0.216. The third-order valence-corrected chi connectivity index (χ3v) is 3.18. The van der Waals surface area contributed by atoms with Gasteiger partial charge in [0.15, 0.2) is 0 Å². The highest BCUT2D eigenvalue weighted by molar-refractivity contribution is 4.81. The van der Waals surface area contributed by atoms with Crippen LogP contribution in [0.4, 0.5) is 0 Å². The highest BCUT2D eigenvalue weighted by atomic mass is 15.2. The Balaban J connectivity index is 2.30. The Kier molecular flexibility index (Phi) is 4.74. The summed E-state index contributed by atoms with van der Waals surface area (Å²) >= 11 is 0. The first-order valence-corrected chi connectivity index (χ1v) is 5.66. The van der Waals surface area contributed by atoms with Crippen molar-refractivity contribution < 1.29 is 0 Å². The van der Waals surface area contributed by atoms with Crippen molar-refractivity contribution in [2.75, 3.05) is 26.7 Å². The Morgan fingerprint density at radius 1 is 1.54 bits per heavy atom. The SMILES string of the molecule is CCC(C)CN1CCCC1CNC. The average molecular weight is 184 g/mol. The second kappa shape index (κ2) is 5.61. The van der Waals surface area contributed by atoms with Crippen LogP contribution >= 0.6 is 0 Å². The van der Waals surface area contributed by atoms with Crippen molar-refractivity contribution >= 4 is 0 Å². The molecule has 0 saturated carbocycles. The molecule has 0 radical (unpaired) electrons. The van der Waals surface area contributed by atoms with E-state index in [0.29, 0.717) is 0 Å². The zero-order chi connectivity index (χ0) is 9.68. The highest BCUT2D eigenvalue weighted by Crippen LogP contribution is 2.18. The molecule has 1 saturated heterocycles. The van der Waals surface area contributed by atoms with E-state index in [1.807, 2.05) is 0 Å². The van der Waals surface area contributed by atoms with Crippen LogP contribution in [0, 0.1) is 5.92 Å². The number of nitrogens with one attached hydrogen (secondary N) is 1. The van der Waals surface area contributed by atoms with Crippen LogP contribution in [0.5, 0.6) is 0 Å². The summed E-state index contributed by atoms with van der Waals surface area (Å²) in [7, 11) is 2.06. The molecule has 2 nitrogen and oxygen atoms in total. The van der Waals surface area contributed by atoms with Crippen LogP contribution in [-0.2, 0) is 0 Å². The fourth-order valence-corrected chi connectivity index (χ4v) is 2.13. The quantitative estimate of drug-likeness (QED) is 0.700. The summed E-state index contributed by atoms with van der Waals surface area (Å²) in [5, 5.41) is 3.29. The normalized spacial score (nSPS) is 26.5. The van der Waals surface area contributed by atoms with Crippen molar-refractivity contribution in [1.29, 1.82) is 0 Å². The zero-order valence-electron chi connectivity index (χ0n) is 9.34. The average Bonchev–Trinajstić information content (AvgIpc) is 2.54. The molecule has 2 unspecified atom stereocenters. The van der Waals surface area contributed by atoms with Gasteiger partial charge in [-0.25, -0.2) is 0 Å². The molecule has 2 atom stereocenters. The number of hydrogen-bond acceptors (Lipinski definition) is 2. The lowest BCUT2D eigenvalue weighted by atomic mass is 10.1. The fourth-order valence-electron chi connectivity index (χ4n) is 2.13. The van der Waals surface area contributed by atoms with E-state index in [9.17, 15) is 0 Å². The van der Waals surface area contributed by atoms with Crippen molar-refractivity contribution in [3.63, 3.8) is 0 Å². The Bertz CT molecular complexity index is 136. The van der Waals surface area contributed by atoms with Gasteiger partial charge in [0.05, 0.1) is 0 Å². The number of nitrogens with zero attached hydrogens (tertiary/aromatic N) is 1. The summed E-state index contributed by atoms with van der Waals surface area (Å²) in [5.74, 6) is 0.859. The van der Waals surface area contributed by atoms with Crippen molar-refractivity contribution in [2.24, 2.45) is 5.92 Å². The van der Waals surface area contributed by atoms with Crippen LogP contribution in [0.3, 0.4) is 0 Å². The van der Waals surface area contributed by atoms with Gasteiger partial charge in [-0.2, -0.15) is 0 Å². The van der Waals surface area contributed by atoms with E-state index in [2.05, 4.69) is 31.1 Å². The molecule has 0 amide bonds. The van der Waals surface area contributed by atoms with Crippen LogP contribution < -0.4 is 5.32 Å². The first kappa shape index (κ1) is 11.0. The first-order valence-electron chi connectivity index (χ1n) is 5.66. The predicted octanol–water partition coefficient (Wildman–Crippen LogP) is 1.72. The van der Waals surface area contributed by atoms with Crippen LogP contribution in [0.25, 0.3) is 0 Å². The predicted molar refractivity (Wildman–Crippen MR) is 58.0 cm³/mol. The second-order valence-electron chi connectivity index (χ2n) is 4.36. The molecule has 1 aliphatic heterocycles. The largest absolute Gasteiger partial charge is 0.318 e. The molecule has 78 valence electrons. The van der Waals surface area contributed by atoms with Gasteiger partial charge in [0.2, 0.25) is 0 Å². The molecule has 1 rings (SSSR count). The van der Waals surface area contributed by atoms with E-state index >= 15 is 0 Å². The molecule has 0 aromatic rings. The summed E-state index contributed by atoms with van der Waals surface area (Å²) in [6.07, 6.45) is 4.09. The molecule has 0 aliphatic carbocycles. The Labute approximate surface area is 82.7 Å². The van der Waals surface area contributed by atoms with Crippen molar-refractivity contribution in [3.05, 3.63) is 0 Å². The highest BCUT2D eigenvalue weighted by Gasteiger charge is 2.24. The molecular formula is C11H24N2. The van der Waals surface area contributed by atoms with Crippen molar-refractivity contribution in [3.8, 4) is 0 Å². The van der Waals surface area contributed by atoms with Crippen molar-refractivity contribution in [1.82, 2.24) is 10.2 Å². The van der Waals surface area contributed by atoms with Crippen LogP contribution in [-0.4, -0.2) is 37.6 Å². The van der Waals surface area contributed by atoms with E-state index in [1.165, 1.54) is 32.4 Å². The maximum absolute atomic E-state index is 3.29. The second-order valence-corrected chi connectivity index (χ2v) is 4.36. The third-order valence-electron chi connectivity index (χ3n) is 3.18. The number of likely N-dealkylation sites (N-methyl/N-ethyl adjacent to an activating group) is 1. The van der Waals surface area contributed by atoms with Gasteiger partial charge in [-0.15, -0.1) is 0 Å². The molecule has 0 aromatic heterocycles. The number of rotatable bonds is 5. The summed E-state index contributed by atoms with van der Waals surface area (Å²) < 4.78 is 0. The summed E-state index contributed by atoms with van der Waals surface area (Å²) in [5.41, 5.74) is 0. The molecule has 1 aliphatic rings. The van der Waals surface area contributed by atoms with E-state index in [4.69, 9.17) is 0 Å². The van der Waals surface area contributed by atoms with Crippen LogP contribution in [0.15, 0.2) is 0 Å². The van der Waals surface area contributed by atoms with Gasteiger partial charge >= 0.3 is 0 Å². The van der Waals surface area contributed by atoms with Gasteiger partial charge in [-0.05, 0) is 32.4 Å². The molecule has 0 aromatic carbocycles. The maximum Gasteiger partial charge on any atom is 0.0221 e. The van der Waals surface area contributed by atoms with E-state index in [-0.39, 0.29) is 0 Å². The molecular weight excluding hydrogens is 160 g/mol. The number of likely N-dealkylation sites (tertiary alicyclic amines) is 1. The van der Waals surface area contributed by atoms with Gasteiger partial charge in [-0.1, -0.05) is 20.3 Å². The first-order chi connectivity index (χ1) is 6.27. The van der Waals surface area contributed by atoms with Gasteiger partial charge in [0, 0.05) is 19.1 Å². The van der Waals surface area contributed by atoms with Gasteiger partial charge < -0.3 is 5.32 Å². The summed E-state index contributed by atoms with van der Waals surface area (Å²) in [6.45, 7) is 8.42. The minimum atomic E-state index is 0.805.